The molecule has 0 unspecified atom stereocenters. The van der Waals surface area contributed by atoms with Crippen LogP contribution in [0.2, 0.25) is 0 Å². The zero-order valence-electron chi connectivity index (χ0n) is 23.0. The van der Waals surface area contributed by atoms with E-state index in [1.165, 1.54) is 12.1 Å². The van der Waals surface area contributed by atoms with Gasteiger partial charge in [0.2, 0.25) is 5.88 Å². The van der Waals surface area contributed by atoms with Gasteiger partial charge in [-0.1, -0.05) is 5.92 Å². The lowest BCUT2D eigenvalue weighted by Crippen LogP contribution is -2.68. The molecule has 3 fully saturated rings. The molecule has 1 spiro atoms. The van der Waals surface area contributed by atoms with Crippen molar-refractivity contribution in [3.63, 3.8) is 0 Å². The predicted molar refractivity (Wildman–Crippen MR) is 150 cm³/mol. The maximum absolute atomic E-state index is 13.9. The third-order valence-electron chi connectivity index (χ3n) is 8.42. The molecule has 1 aromatic carbocycles. The van der Waals surface area contributed by atoms with Gasteiger partial charge in [0.15, 0.2) is 11.4 Å². The Labute approximate surface area is 240 Å². The van der Waals surface area contributed by atoms with Gasteiger partial charge < -0.3 is 33.5 Å². The summed E-state index contributed by atoms with van der Waals surface area (Å²) in [6.45, 7) is 6.11. The summed E-state index contributed by atoms with van der Waals surface area (Å²) in [4.78, 5) is 29.9. The molecule has 42 heavy (non-hydrogen) atoms. The van der Waals surface area contributed by atoms with Crippen LogP contribution in [-0.4, -0.2) is 82.7 Å². The van der Waals surface area contributed by atoms with Crippen LogP contribution in [-0.2, 0) is 14.3 Å². The number of halogens is 1. The number of aliphatic carboxylic acids is 1. The molecule has 7 rings (SSSR count). The van der Waals surface area contributed by atoms with Crippen molar-refractivity contribution in [3.8, 4) is 18.2 Å². The number of rotatable bonds is 5. The van der Waals surface area contributed by atoms with Crippen LogP contribution in [0.3, 0.4) is 0 Å². The second-order valence-corrected chi connectivity index (χ2v) is 11.0. The van der Waals surface area contributed by atoms with Gasteiger partial charge in [-0.3, -0.25) is 0 Å². The maximum atomic E-state index is 13.9. The van der Waals surface area contributed by atoms with Crippen LogP contribution in [0.25, 0.3) is 22.1 Å². The highest BCUT2D eigenvalue weighted by atomic mass is 19.1. The third-order valence-corrected chi connectivity index (χ3v) is 8.42. The molecule has 3 atom stereocenters. The van der Waals surface area contributed by atoms with Crippen molar-refractivity contribution < 1.29 is 32.9 Å². The maximum Gasteiger partial charge on any atom is 0.326 e. The highest BCUT2D eigenvalue weighted by molar-refractivity contribution is 6.06. The van der Waals surface area contributed by atoms with Crippen molar-refractivity contribution in [2.75, 3.05) is 42.7 Å². The van der Waals surface area contributed by atoms with E-state index in [1.807, 2.05) is 6.07 Å². The van der Waals surface area contributed by atoms with Crippen LogP contribution < -0.4 is 14.5 Å². The fraction of sp³-hybridized carbons (Fsp3) is 0.400. The highest BCUT2D eigenvalue weighted by Crippen LogP contribution is 2.40. The van der Waals surface area contributed by atoms with Gasteiger partial charge >= 0.3 is 5.97 Å². The Kier molecular flexibility index (Phi) is 6.18. The molecule has 0 radical (unpaired) electrons. The molecule has 11 nitrogen and oxygen atoms in total. The van der Waals surface area contributed by atoms with E-state index in [-0.39, 0.29) is 19.0 Å². The third kappa shape index (κ3) is 4.19. The normalized spacial score (nSPS) is 23.3. The Hall–Kier alpha value is -4.47. The van der Waals surface area contributed by atoms with Crippen LogP contribution >= 0.6 is 0 Å². The lowest BCUT2D eigenvalue weighted by molar-refractivity contribution is -0.228. The van der Waals surface area contributed by atoms with E-state index in [1.54, 1.807) is 24.1 Å². The summed E-state index contributed by atoms with van der Waals surface area (Å²) >= 11 is 0. The van der Waals surface area contributed by atoms with Crippen molar-refractivity contribution in [2.45, 2.75) is 44.1 Å². The van der Waals surface area contributed by atoms with E-state index in [0.717, 1.165) is 5.69 Å². The van der Waals surface area contributed by atoms with E-state index in [2.05, 4.69) is 32.7 Å². The largest absolute Gasteiger partial charge is 0.480 e. The van der Waals surface area contributed by atoms with Gasteiger partial charge in [0.1, 0.15) is 46.2 Å². The molecule has 0 saturated carbocycles. The molecule has 0 bridgehead atoms. The first-order valence-corrected chi connectivity index (χ1v) is 13.7. The van der Waals surface area contributed by atoms with Gasteiger partial charge in [-0.05, 0) is 32.0 Å². The van der Waals surface area contributed by atoms with Crippen LogP contribution in [0.1, 0.15) is 24.7 Å². The van der Waals surface area contributed by atoms with Gasteiger partial charge in [0, 0.05) is 36.2 Å². The number of anilines is 2. The van der Waals surface area contributed by atoms with Gasteiger partial charge in [-0.15, -0.1) is 6.42 Å². The predicted octanol–water partition coefficient (Wildman–Crippen LogP) is 3.30. The topological polar surface area (TPSA) is 123 Å². The van der Waals surface area contributed by atoms with Crippen molar-refractivity contribution in [3.05, 3.63) is 47.7 Å². The average Bonchev–Trinajstić information content (AvgIpc) is 3.53. The molecule has 3 aliphatic heterocycles. The molecule has 3 saturated heterocycles. The Bertz CT molecular complexity index is 1760. The minimum atomic E-state index is -1.03. The van der Waals surface area contributed by atoms with Gasteiger partial charge in [0.05, 0.1) is 32.4 Å². The molecule has 216 valence electrons. The number of aryl methyl sites for hydroxylation is 1. The Morgan fingerprint density at radius 3 is 2.83 bits per heavy atom. The number of furan rings is 1. The number of nitrogens with zero attached hydrogens (tertiary/aromatic N) is 5. The monoisotopic (exact) mass is 573 g/mol. The number of benzene rings is 1. The molecule has 4 aromatic rings. The minimum absolute atomic E-state index is 0.0285. The van der Waals surface area contributed by atoms with E-state index in [9.17, 15) is 14.3 Å². The fourth-order valence-electron chi connectivity index (χ4n) is 6.13. The van der Waals surface area contributed by atoms with E-state index in [0.29, 0.717) is 71.5 Å². The first-order valence-electron chi connectivity index (χ1n) is 13.7. The number of carboxylic acid groups (broad SMARTS) is 1. The van der Waals surface area contributed by atoms with Gasteiger partial charge in [0.25, 0.3) is 0 Å². The number of ether oxygens (including phenoxy) is 3. The van der Waals surface area contributed by atoms with E-state index < -0.39 is 29.5 Å². The first-order chi connectivity index (χ1) is 20.3. The summed E-state index contributed by atoms with van der Waals surface area (Å²) < 4.78 is 37.9. The molecule has 12 heteroatoms. The molecule has 1 N–H and O–H groups in total. The molecule has 3 aromatic heterocycles. The van der Waals surface area contributed by atoms with Gasteiger partial charge in [-0.25, -0.2) is 24.1 Å². The van der Waals surface area contributed by atoms with Crippen molar-refractivity contribution in [1.29, 1.82) is 0 Å². The number of carboxylic acids is 1. The first kappa shape index (κ1) is 26.4. The zero-order chi connectivity index (χ0) is 29.2. The van der Waals surface area contributed by atoms with E-state index >= 15 is 0 Å². The number of terminal acetylenes is 1. The number of pyridine rings is 1. The number of morpholine rings is 1. The standard InChI is InChI=1S/C30H28FN5O6/c1-4-18-9-22(35-7-8-40-30(16(35)2)14-39-15-30)28(32-12-18)41-20-11-23(29(37)38)36(13-20)27-26-25(33-17(3)34-27)21-6-5-19(31)10-24(21)42-26/h1,5-6,9-10,12,16,20,23H,7-8,11,13-15H2,2-3H3,(H,37,38)/t16-,20-,23-/m0/s1. The van der Waals surface area contributed by atoms with Crippen molar-refractivity contribution >= 4 is 39.5 Å². The smallest absolute Gasteiger partial charge is 0.326 e. The number of hydrogen-bond acceptors (Lipinski definition) is 10. The average molecular weight is 574 g/mol. The summed E-state index contributed by atoms with van der Waals surface area (Å²) in [6, 6.07) is 5.09. The molecule has 0 amide bonds. The zero-order valence-corrected chi connectivity index (χ0v) is 23.0. The summed E-state index contributed by atoms with van der Waals surface area (Å²) in [5.41, 5.74) is 2.00. The minimum Gasteiger partial charge on any atom is -0.480 e. The van der Waals surface area contributed by atoms with Crippen molar-refractivity contribution in [1.82, 2.24) is 15.0 Å². The Balaban J connectivity index is 1.24. The molecule has 0 aliphatic carbocycles. The second kappa shape index (κ2) is 9.82. The summed E-state index contributed by atoms with van der Waals surface area (Å²) in [5.74, 6) is 2.27. The number of carbonyl (C=O) groups is 1. The summed E-state index contributed by atoms with van der Waals surface area (Å²) in [6.07, 6.45) is 6.90. The quantitative estimate of drug-likeness (QED) is 0.354. The molecular formula is C30H28FN5O6. The second-order valence-electron chi connectivity index (χ2n) is 11.0. The summed E-state index contributed by atoms with van der Waals surface area (Å²) in [5, 5.41) is 10.8. The van der Waals surface area contributed by atoms with Crippen LogP contribution in [0.4, 0.5) is 15.9 Å². The van der Waals surface area contributed by atoms with Gasteiger partial charge in [-0.2, -0.15) is 0 Å². The van der Waals surface area contributed by atoms with Crippen LogP contribution in [0.15, 0.2) is 34.9 Å². The Morgan fingerprint density at radius 1 is 1.26 bits per heavy atom. The van der Waals surface area contributed by atoms with E-state index in [4.69, 9.17) is 25.1 Å². The summed E-state index contributed by atoms with van der Waals surface area (Å²) in [7, 11) is 0. The van der Waals surface area contributed by atoms with Crippen LogP contribution in [0, 0.1) is 25.1 Å². The Morgan fingerprint density at radius 2 is 2.10 bits per heavy atom. The SMILES string of the molecule is C#Cc1cnc(O[C@H]2C[C@@H](C(=O)O)N(c3nc(C)nc4c3oc3cc(F)ccc34)C2)c(N2CCOC3(COC3)[C@@H]2C)c1. The lowest BCUT2D eigenvalue weighted by Gasteiger charge is -2.53. The molecule has 6 heterocycles. The number of fused-ring (bicyclic) bond motifs is 3. The molecule has 3 aliphatic rings. The molecular weight excluding hydrogens is 545 g/mol. The number of hydrogen-bond donors (Lipinski definition) is 1. The van der Waals surface area contributed by atoms with Crippen molar-refractivity contribution in [2.24, 2.45) is 0 Å². The fourth-order valence-corrected chi connectivity index (χ4v) is 6.13. The lowest BCUT2D eigenvalue weighted by atomic mass is 9.90. The number of aromatic nitrogens is 3. The van der Waals surface area contributed by atoms with Crippen LogP contribution in [0.5, 0.6) is 5.88 Å². The highest BCUT2D eigenvalue weighted by Gasteiger charge is 2.50.